The fourth-order valence-corrected chi connectivity index (χ4v) is 3.20. The van der Waals surface area contributed by atoms with Crippen molar-refractivity contribution in [2.75, 3.05) is 18.9 Å². The molecule has 2 N–H and O–H groups in total. The second-order valence-corrected chi connectivity index (χ2v) is 6.66. The summed E-state index contributed by atoms with van der Waals surface area (Å²) in [7, 11) is -1.24. The van der Waals surface area contributed by atoms with Gasteiger partial charge < -0.3 is 14.6 Å². The predicted molar refractivity (Wildman–Crippen MR) is 88.5 cm³/mol. The number of methoxy groups -OCH3 is 2. The lowest BCUT2D eigenvalue weighted by atomic mass is 10.2. The molecule has 24 heavy (non-hydrogen) atoms. The number of hydrogen-bond donors (Lipinski definition) is 2. The molecule has 0 aliphatic rings. The molecule has 0 saturated heterocycles. The van der Waals surface area contributed by atoms with E-state index >= 15 is 0 Å². The highest BCUT2D eigenvalue weighted by molar-refractivity contribution is 7.92. The molecule has 0 fully saturated rings. The Balaban J connectivity index is 2.45. The molecule has 0 amide bonds. The van der Waals surface area contributed by atoms with Crippen molar-refractivity contribution in [2.45, 2.75) is 11.8 Å². The Hall–Kier alpha value is -2.74. The fraction of sp³-hybridized carbons (Fsp3) is 0.188. The number of aryl methyl sites for hydroxylation is 1. The predicted octanol–water partition coefficient (Wildman–Crippen LogP) is 2.51. The smallest absolute Gasteiger partial charge is 0.339 e. The number of nitrogens with one attached hydrogen (secondary N) is 1. The molecule has 0 saturated carbocycles. The van der Waals surface area contributed by atoms with Crippen LogP contribution in [0.4, 0.5) is 5.69 Å². The Labute approximate surface area is 139 Å². The molecule has 0 aliphatic carbocycles. The number of ether oxygens (including phenoxy) is 2. The van der Waals surface area contributed by atoms with Gasteiger partial charge in [0.2, 0.25) is 0 Å². The van der Waals surface area contributed by atoms with Crippen LogP contribution in [-0.2, 0) is 10.0 Å². The number of carboxylic acids is 1. The van der Waals surface area contributed by atoms with E-state index in [4.69, 9.17) is 9.47 Å². The van der Waals surface area contributed by atoms with Crippen molar-refractivity contribution in [3.05, 3.63) is 47.5 Å². The summed E-state index contributed by atoms with van der Waals surface area (Å²) >= 11 is 0. The standard InChI is InChI=1S/C16H17NO6S/c1-10-4-6-13(15(8-10)23-3)17-24(20,21)11-5-7-14(22-2)12(9-11)16(18)19/h4-9,17H,1-3H3,(H,18,19). The van der Waals surface area contributed by atoms with Crippen LogP contribution in [0, 0.1) is 6.92 Å². The average Bonchev–Trinajstić information content (AvgIpc) is 2.55. The Kier molecular flexibility index (Phi) is 4.99. The van der Waals surface area contributed by atoms with Crippen LogP contribution in [0.3, 0.4) is 0 Å². The first kappa shape index (κ1) is 17.6. The third-order valence-electron chi connectivity index (χ3n) is 3.31. The lowest BCUT2D eigenvalue weighted by Gasteiger charge is -2.13. The summed E-state index contributed by atoms with van der Waals surface area (Å²) in [5, 5.41) is 9.17. The van der Waals surface area contributed by atoms with E-state index in [0.29, 0.717) is 5.75 Å². The number of aromatic carboxylic acids is 1. The maximum Gasteiger partial charge on any atom is 0.339 e. The van der Waals surface area contributed by atoms with Gasteiger partial charge in [0.15, 0.2) is 0 Å². The van der Waals surface area contributed by atoms with Crippen molar-refractivity contribution in [1.82, 2.24) is 0 Å². The highest BCUT2D eigenvalue weighted by Gasteiger charge is 2.20. The molecule has 0 aromatic heterocycles. The summed E-state index contributed by atoms with van der Waals surface area (Å²) in [6, 6.07) is 8.61. The molecule has 2 aromatic rings. The molecule has 128 valence electrons. The van der Waals surface area contributed by atoms with Gasteiger partial charge in [-0.05, 0) is 42.8 Å². The Morgan fingerprint density at radius 2 is 1.71 bits per heavy atom. The molecule has 7 nitrogen and oxygen atoms in total. The number of sulfonamides is 1. The molecule has 2 aromatic carbocycles. The quantitative estimate of drug-likeness (QED) is 0.829. The number of benzene rings is 2. The third kappa shape index (κ3) is 3.60. The van der Waals surface area contributed by atoms with E-state index in [1.54, 1.807) is 18.2 Å². The molecule has 2 rings (SSSR count). The van der Waals surface area contributed by atoms with Crippen molar-refractivity contribution < 1.29 is 27.8 Å². The van der Waals surface area contributed by atoms with Crippen LogP contribution in [0.25, 0.3) is 0 Å². The van der Waals surface area contributed by atoms with Crippen LogP contribution in [0.5, 0.6) is 11.5 Å². The van der Waals surface area contributed by atoms with E-state index in [9.17, 15) is 18.3 Å². The van der Waals surface area contributed by atoms with Crippen molar-refractivity contribution in [3.63, 3.8) is 0 Å². The first-order chi connectivity index (χ1) is 11.3. The van der Waals surface area contributed by atoms with Gasteiger partial charge >= 0.3 is 5.97 Å². The molecule has 0 radical (unpaired) electrons. The highest BCUT2D eigenvalue weighted by atomic mass is 32.2. The number of anilines is 1. The fourth-order valence-electron chi connectivity index (χ4n) is 2.11. The van der Waals surface area contributed by atoms with Crippen LogP contribution in [0.1, 0.15) is 15.9 Å². The van der Waals surface area contributed by atoms with Gasteiger partial charge in [-0.3, -0.25) is 4.72 Å². The van der Waals surface area contributed by atoms with Gasteiger partial charge in [0.25, 0.3) is 10.0 Å². The van der Waals surface area contributed by atoms with Crippen LogP contribution < -0.4 is 14.2 Å². The maximum atomic E-state index is 12.5. The number of hydrogen-bond acceptors (Lipinski definition) is 5. The van der Waals surface area contributed by atoms with E-state index in [2.05, 4.69) is 4.72 Å². The van der Waals surface area contributed by atoms with Crippen LogP contribution >= 0.6 is 0 Å². The summed E-state index contributed by atoms with van der Waals surface area (Å²) in [5.74, 6) is -0.836. The molecular formula is C16H17NO6S. The molecular weight excluding hydrogens is 334 g/mol. The molecule has 0 atom stereocenters. The van der Waals surface area contributed by atoms with Crippen molar-refractivity contribution in [2.24, 2.45) is 0 Å². The maximum absolute atomic E-state index is 12.5. The van der Waals surface area contributed by atoms with Gasteiger partial charge in [-0.1, -0.05) is 6.07 Å². The van der Waals surface area contributed by atoms with Crippen molar-refractivity contribution in [3.8, 4) is 11.5 Å². The van der Waals surface area contributed by atoms with E-state index in [-0.39, 0.29) is 21.9 Å². The summed E-state index contributed by atoms with van der Waals surface area (Å²) in [6.45, 7) is 1.85. The first-order valence-electron chi connectivity index (χ1n) is 6.87. The van der Waals surface area contributed by atoms with Crippen molar-refractivity contribution >= 4 is 21.7 Å². The van der Waals surface area contributed by atoms with Crippen LogP contribution in [-0.4, -0.2) is 33.7 Å². The SMILES string of the molecule is COc1cc(C)ccc1NS(=O)(=O)c1ccc(OC)c(C(=O)O)c1. The zero-order chi connectivity index (χ0) is 17.9. The van der Waals surface area contributed by atoms with E-state index in [0.717, 1.165) is 11.6 Å². The summed E-state index contributed by atoms with van der Waals surface area (Å²) in [6.07, 6.45) is 0. The van der Waals surface area contributed by atoms with Gasteiger partial charge in [0.05, 0.1) is 24.8 Å². The zero-order valence-electron chi connectivity index (χ0n) is 13.4. The van der Waals surface area contributed by atoms with Gasteiger partial charge in [0.1, 0.15) is 17.1 Å². The summed E-state index contributed by atoms with van der Waals surface area (Å²) < 4.78 is 37.5. The van der Waals surface area contributed by atoms with Crippen LogP contribution in [0.15, 0.2) is 41.3 Å². The topological polar surface area (TPSA) is 102 Å². The van der Waals surface area contributed by atoms with Crippen molar-refractivity contribution in [1.29, 1.82) is 0 Å². The van der Waals surface area contributed by atoms with E-state index in [1.807, 2.05) is 6.92 Å². The highest BCUT2D eigenvalue weighted by Crippen LogP contribution is 2.29. The molecule has 8 heteroatoms. The number of rotatable bonds is 6. The normalized spacial score (nSPS) is 11.0. The minimum atomic E-state index is -3.99. The first-order valence-corrected chi connectivity index (χ1v) is 8.35. The van der Waals surface area contributed by atoms with E-state index < -0.39 is 16.0 Å². The van der Waals surface area contributed by atoms with Gasteiger partial charge in [-0.25, -0.2) is 13.2 Å². The molecule has 0 unspecified atom stereocenters. The minimum Gasteiger partial charge on any atom is -0.496 e. The summed E-state index contributed by atoms with van der Waals surface area (Å²) in [4.78, 5) is 11.0. The Morgan fingerprint density at radius 3 is 2.29 bits per heavy atom. The Bertz CT molecular complexity index is 876. The average molecular weight is 351 g/mol. The molecule has 0 spiro atoms. The largest absolute Gasteiger partial charge is 0.496 e. The molecule has 0 bridgehead atoms. The van der Waals surface area contributed by atoms with Gasteiger partial charge in [0, 0.05) is 0 Å². The number of carboxylic acid groups (broad SMARTS) is 1. The van der Waals surface area contributed by atoms with Gasteiger partial charge in [-0.15, -0.1) is 0 Å². The second kappa shape index (κ2) is 6.79. The molecule has 0 aliphatic heterocycles. The zero-order valence-corrected chi connectivity index (χ0v) is 14.2. The number of carbonyl (C=O) groups is 1. The third-order valence-corrected chi connectivity index (χ3v) is 4.68. The van der Waals surface area contributed by atoms with Crippen LogP contribution in [0.2, 0.25) is 0 Å². The molecule has 0 heterocycles. The van der Waals surface area contributed by atoms with Gasteiger partial charge in [-0.2, -0.15) is 0 Å². The lowest BCUT2D eigenvalue weighted by molar-refractivity contribution is 0.0693. The summed E-state index contributed by atoms with van der Waals surface area (Å²) in [5.41, 5.74) is 0.930. The van der Waals surface area contributed by atoms with E-state index in [1.165, 1.54) is 26.4 Å². The monoisotopic (exact) mass is 351 g/mol. The lowest BCUT2D eigenvalue weighted by Crippen LogP contribution is -2.15. The minimum absolute atomic E-state index is 0.0781. The second-order valence-electron chi connectivity index (χ2n) is 4.98. The Morgan fingerprint density at radius 1 is 1.04 bits per heavy atom.